The molecule has 2 aliphatic heterocycles. The van der Waals surface area contributed by atoms with Gasteiger partial charge in [-0.2, -0.15) is 4.98 Å². The highest BCUT2D eigenvalue weighted by Crippen LogP contribution is 2.33. The second kappa shape index (κ2) is 6.87. The van der Waals surface area contributed by atoms with E-state index in [0.29, 0.717) is 49.1 Å². The first-order valence-corrected chi connectivity index (χ1v) is 9.47. The summed E-state index contributed by atoms with van der Waals surface area (Å²) in [7, 11) is 0. The van der Waals surface area contributed by atoms with Gasteiger partial charge in [-0.3, -0.25) is 14.6 Å². The number of primary amides is 1. The number of ether oxygens (including phenoxy) is 2. The number of nitrogens with one attached hydrogen (secondary N) is 1. The third-order valence-electron chi connectivity index (χ3n) is 5.43. The van der Waals surface area contributed by atoms with Crippen molar-refractivity contribution in [2.24, 2.45) is 11.7 Å². The van der Waals surface area contributed by atoms with E-state index in [2.05, 4.69) is 15.0 Å². The number of benzene rings is 1. The van der Waals surface area contributed by atoms with Gasteiger partial charge in [-0.25, -0.2) is 14.3 Å². The Balaban J connectivity index is 1.51. The highest BCUT2D eigenvalue weighted by molar-refractivity contribution is 5.77. The molecule has 5 rings (SSSR count). The van der Waals surface area contributed by atoms with Crippen molar-refractivity contribution in [3.05, 3.63) is 45.2 Å². The first-order chi connectivity index (χ1) is 14.5. The van der Waals surface area contributed by atoms with Gasteiger partial charge in [0, 0.05) is 31.3 Å². The topological polar surface area (TPSA) is 145 Å². The van der Waals surface area contributed by atoms with E-state index in [1.165, 1.54) is 6.20 Å². The summed E-state index contributed by atoms with van der Waals surface area (Å²) in [5.74, 6) is 0.946. The SMILES string of the molecule is NC(=O)C1CCN(c2ncc3c(=O)n(-c4ccc5c(c4)OCO5)c(=O)[nH]c3n2)CC1. The number of hydrogen-bond acceptors (Lipinski definition) is 8. The van der Waals surface area contributed by atoms with Gasteiger partial charge in [0.2, 0.25) is 18.6 Å². The average Bonchev–Trinajstić information content (AvgIpc) is 3.21. The summed E-state index contributed by atoms with van der Waals surface area (Å²) in [5.41, 5.74) is 4.72. The predicted molar refractivity (Wildman–Crippen MR) is 106 cm³/mol. The standard InChI is InChI=1S/C19H18N6O5/c20-15(26)10-3-5-24(6-4-10)18-21-8-12-16(22-18)23-19(28)25(17(12)27)11-1-2-13-14(7-11)30-9-29-13/h1-2,7-8,10H,3-6,9H2,(H2,20,26)(H,21,22,23,28). The fourth-order valence-corrected chi connectivity index (χ4v) is 3.77. The highest BCUT2D eigenvalue weighted by Gasteiger charge is 2.25. The van der Waals surface area contributed by atoms with E-state index in [9.17, 15) is 14.4 Å². The van der Waals surface area contributed by atoms with Gasteiger partial charge >= 0.3 is 5.69 Å². The Morgan fingerprint density at radius 3 is 2.70 bits per heavy atom. The van der Waals surface area contributed by atoms with Crippen LogP contribution in [0.1, 0.15) is 12.8 Å². The third kappa shape index (κ3) is 2.95. The molecule has 2 aromatic heterocycles. The lowest BCUT2D eigenvalue weighted by molar-refractivity contribution is -0.122. The van der Waals surface area contributed by atoms with Crippen LogP contribution in [0.2, 0.25) is 0 Å². The van der Waals surface area contributed by atoms with Crippen LogP contribution >= 0.6 is 0 Å². The average molecular weight is 410 g/mol. The molecule has 2 aliphatic rings. The molecule has 11 nitrogen and oxygen atoms in total. The number of carbonyl (C=O) groups is 1. The molecule has 11 heteroatoms. The maximum Gasteiger partial charge on any atom is 0.334 e. The molecule has 154 valence electrons. The maximum atomic E-state index is 13.0. The van der Waals surface area contributed by atoms with Gasteiger partial charge in [0.1, 0.15) is 5.39 Å². The zero-order valence-electron chi connectivity index (χ0n) is 15.8. The Morgan fingerprint density at radius 1 is 1.17 bits per heavy atom. The molecular weight excluding hydrogens is 392 g/mol. The molecule has 0 aliphatic carbocycles. The number of piperidine rings is 1. The number of fused-ring (bicyclic) bond motifs is 2. The first-order valence-electron chi connectivity index (χ1n) is 9.47. The van der Waals surface area contributed by atoms with Gasteiger partial charge in [-0.05, 0) is 25.0 Å². The van der Waals surface area contributed by atoms with Crippen molar-refractivity contribution in [2.75, 3.05) is 24.8 Å². The van der Waals surface area contributed by atoms with E-state index < -0.39 is 11.2 Å². The van der Waals surface area contributed by atoms with Gasteiger partial charge in [-0.1, -0.05) is 0 Å². The van der Waals surface area contributed by atoms with E-state index >= 15 is 0 Å². The largest absolute Gasteiger partial charge is 0.454 e. The summed E-state index contributed by atoms with van der Waals surface area (Å²) >= 11 is 0. The maximum absolute atomic E-state index is 13.0. The van der Waals surface area contributed by atoms with Gasteiger partial charge in [-0.15, -0.1) is 0 Å². The Morgan fingerprint density at radius 2 is 1.93 bits per heavy atom. The lowest BCUT2D eigenvalue weighted by Crippen LogP contribution is -2.39. The number of aromatic nitrogens is 4. The predicted octanol–water partition coefficient (Wildman–Crippen LogP) is -0.101. The van der Waals surface area contributed by atoms with Crippen LogP contribution in [0.4, 0.5) is 5.95 Å². The van der Waals surface area contributed by atoms with Crippen molar-refractivity contribution in [1.29, 1.82) is 0 Å². The zero-order chi connectivity index (χ0) is 20.8. The summed E-state index contributed by atoms with van der Waals surface area (Å²) in [6.07, 6.45) is 2.62. The molecule has 0 spiro atoms. The smallest absolute Gasteiger partial charge is 0.334 e. The van der Waals surface area contributed by atoms with E-state index in [1.807, 2.05) is 4.90 Å². The van der Waals surface area contributed by atoms with Gasteiger partial charge < -0.3 is 20.1 Å². The molecule has 0 radical (unpaired) electrons. The summed E-state index contributed by atoms with van der Waals surface area (Å²) in [6, 6.07) is 4.82. The number of rotatable bonds is 3. The van der Waals surface area contributed by atoms with E-state index in [4.69, 9.17) is 15.2 Å². The van der Waals surface area contributed by atoms with Crippen LogP contribution in [0.3, 0.4) is 0 Å². The second-order valence-electron chi connectivity index (χ2n) is 7.20. The molecule has 1 amide bonds. The third-order valence-corrected chi connectivity index (χ3v) is 5.43. The fraction of sp³-hybridized carbons (Fsp3) is 0.316. The lowest BCUT2D eigenvalue weighted by atomic mass is 9.96. The monoisotopic (exact) mass is 410 g/mol. The van der Waals surface area contributed by atoms with E-state index in [-0.39, 0.29) is 29.7 Å². The number of nitrogens with zero attached hydrogens (tertiary/aromatic N) is 4. The number of aromatic amines is 1. The number of amides is 1. The molecule has 4 heterocycles. The summed E-state index contributed by atoms with van der Waals surface area (Å²) in [5, 5.41) is 0.183. The molecule has 1 saturated heterocycles. The van der Waals surface area contributed by atoms with Crippen LogP contribution in [0.5, 0.6) is 11.5 Å². The Labute approximate surface area is 169 Å². The summed E-state index contributed by atoms with van der Waals surface area (Å²) < 4.78 is 11.6. The van der Waals surface area contributed by atoms with Crippen LogP contribution in [-0.2, 0) is 4.79 Å². The minimum atomic E-state index is -0.622. The van der Waals surface area contributed by atoms with Crippen LogP contribution in [0.15, 0.2) is 34.0 Å². The number of hydrogen-bond donors (Lipinski definition) is 2. The van der Waals surface area contributed by atoms with Crippen molar-refractivity contribution in [1.82, 2.24) is 19.5 Å². The molecule has 1 aromatic carbocycles. The lowest BCUT2D eigenvalue weighted by Gasteiger charge is -2.30. The van der Waals surface area contributed by atoms with Crippen LogP contribution < -0.4 is 31.4 Å². The molecule has 1 fully saturated rings. The molecule has 3 N–H and O–H groups in total. The number of nitrogens with two attached hydrogens (primary N) is 1. The van der Waals surface area contributed by atoms with Gasteiger partial charge in [0.15, 0.2) is 17.1 Å². The summed E-state index contributed by atoms with van der Waals surface area (Å²) in [6.45, 7) is 1.23. The van der Waals surface area contributed by atoms with Gasteiger partial charge in [0.25, 0.3) is 5.56 Å². The van der Waals surface area contributed by atoms with Crippen LogP contribution in [0, 0.1) is 5.92 Å². The van der Waals surface area contributed by atoms with Crippen molar-refractivity contribution >= 4 is 22.9 Å². The fourth-order valence-electron chi connectivity index (χ4n) is 3.77. The number of H-pyrrole nitrogens is 1. The Kier molecular flexibility index (Phi) is 4.16. The summed E-state index contributed by atoms with van der Waals surface area (Å²) in [4.78, 5) is 50.2. The Bertz CT molecular complexity index is 1270. The molecule has 0 saturated carbocycles. The molecule has 30 heavy (non-hydrogen) atoms. The van der Waals surface area contributed by atoms with Gasteiger partial charge in [0.05, 0.1) is 5.69 Å². The first kappa shape index (κ1) is 18.2. The number of anilines is 1. The van der Waals surface area contributed by atoms with Crippen molar-refractivity contribution in [3.63, 3.8) is 0 Å². The molecule has 3 aromatic rings. The van der Waals surface area contributed by atoms with Crippen molar-refractivity contribution < 1.29 is 14.3 Å². The quantitative estimate of drug-likeness (QED) is 0.609. The second-order valence-corrected chi connectivity index (χ2v) is 7.20. The van der Waals surface area contributed by atoms with Crippen LogP contribution in [0.25, 0.3) is 16.7 Å². The Hall–Kier alpha value is -3.89. The molecule has 0 atom stereocenters. The minimum Gasteiger partial charge on any atom is -0.454 e. The molecule has 0 unspecified atom stereocenters. The van der Waals surface area contributed by atoms with Crippen molar-refractivity contribution in [2.45, 2.75) is 12.8 Å². The van der Waals surface area contributed by atoms with E-state index in [0.717, 1.165) is 4.57 Å². The minimum absolute atomic E-state index is 0.0923. The van der Waals surface area contributed by atoms with E-state index in [1.54, 1.807) is 18.2 Å². The normalized spacial score (nSPS) is 16.2. The van der Waals surface area contributed by atoms with Crippen LogP contribution in [-0.4, -0.2) is 45.3 Å². The highest BCUT2D eigenvalue weighted by atomic mass is 16.7. The molecular formula is C19H18N6O5. The molecule has 0 bridgehead atoms. The number of carbonyl (C=O) groups excluding carboxylic acids is 1. The zero-order valence-corrected chi connectivity index (χ0v) is 15.8. The van der Waals surface area contributed by atoms with Crippen molar-refractivity contribution in [3.8, 4) is 17.2 Å².